The van der Waals surface area contributed by atoms with Crippen LogP contribution in [0.25, 0.3) is 23.2 Å². The van der Waals surface area contributed by atoms with Gasteiger partial charge in [0.05, 0.1) is 6.26 Å². The largest absolute Gasteiger partial charge is 0.465 e. The van der Waals surface area contributed by atoms with Crippen molar-refractivity contribution in [1.82, 2.24) is 20.2 Å². The number of benzene rings is 2. The molecule has 27 heavy (non-hydrogen) atoms. The van der Waals surface area contributed by atoms with Crippen LogP contribution in [0.4, 0.5) is 5.69 Å². The number of tetrazole rings is 1. The van der Waals surface area contributed by atoms with Crippen LogP contribution in [-0.4, -0.2) is 26.1 Å². The molecule has 0 aliphatic heterocycles. The summed E-state index contributed by atoms with van der Waals surface area (Å²) in [6.07, 6.45) is 3.14. The monoisotopic (exact) mass is 357 g/mol. The minimum absolute atomic E-state index is 0.234. The lowest BCUT2D eigenvalue weighted by Gasteiger charge is -2.10. The molecule has 4 aromatic rings. The number of amides is 1. The molecule has 0 aliphatic carbocycles. The van der Waals surface area contributed by atoms with Crippen molar-refractivity contribution in [2.24, 2.45) is 0 Å². The van der Waals surface area contributed by atoms with Crippen LogP contribution in [0, 0.1) is 0 Å². The Morgan fingerprint density at radius 2 is 1.70 bits per heavy atom. The summed E-state index contributed by atoms with van der Waals surface area (Å²) in [6.45, 7) is 0. The number of aromatic nitrogens is 4. The molecule has 0 aliphatic rings. The highest BCUT2D eigenvalue weighted by atomic mass is 16.3. The molecule has 7 nitrogen and oxygen atoms in total. The Balaban J connectivity index is 1.76. The van der Waals surface area contributed by atoms with Crippen LogP contribution in [0.1, 0.15) is 5.76 Å². The number of anilines is 1. The van der Waals surface area contributed by atoms with Gasteiger partial charge in [-0.3, -0.25) is 4.79 Å². The lowest BCUT2D eigenvalue weighted by molar-refractivity contribution is -0.111. The minimum atomic E-state index is -0.359. The quantitative estimate of drug-likeness (QED) is 0.552. The van der Waals surface area contributed by atoms with Crippen LogP contribution in [0.5, 0.6) is 0 Å². The van der Waals surface area contributed by atoms with Crippen molar-refractivity contribution in [3.63, 3.8) is 0 Å². The zero-order chi connectivity index (χ0) is 18.5. The molecule has 1 N–H and O–H groups in total. The number of furan rings is 1. The summed E-state index contributed by atoms with van der Waals surface area (Å²) in [5.74, 6) is 0.612. The second-order valence-electron chi connectivity index (χ2n) is 5.65. The van der Waals surface area contributed by atoms with Gasteiger partial charge < -0.3 is 9.73 Å². The molecule has 0 saturated heterocycles. The average Bonchev–Trinajstić information content (AvgIpc) is 3.39. The maximum absolute atomic E-state index is 13.0. The normalized spacial score (nSPS) is 11.3. The van der Waals surface area contributed by atoms with Gasteiger partial charge in [0.2, 0.25) is 0 Å². The number of hydrogen-bond donors (Lipinski definition) is 1. The van der Waals surface area contributed by atoms with E-state index in [1.165, 1.54) is 10.9 Å². The minimum Gasteiger partial charge on any atom is -0.465 e. The van der Waals surface area contributed by atoms with Crippen molar-refractivity contribution >= 4 is 23.4 Å². The standard InChI is InChI=1S/C20H15N5O2/c26-20(21-16-10-5-2-6-11-16)18(14-17-12-7-13-27-17)25-19(22-23-24-25)15-8-3-1-4-9-15/h1-14H,(H,21,26)/b18-14-. The van der Waals surface area contributed by atoms with Crippen molar-refractivity contribution in [3.8, 4) is 11.4 Å². The zero-order valence-corrected chi connectivity index (χ0v) is 14.2. The van der Waals surface area contributed by atoms with Crippen molar-refractivity contribution in [1.29, 1.82) is 0 Å². The first-order chi connectivity index (χ1) is 13.3. The SMILES string of the molecule is O=C(Nc1ccccc1)/C(=C/c1ccco1)n1nnnc1-c1ccccc1. The van der Waals surface area contributed by atoms with E-state index in [0.717, 1.165) is 5.56 Å². The molecule has 0 saturated carbocycles. The van der Waals surface area contributed by atoms with Gasteiger partial charge in [0.25, 0.3) is 5.91 Å². The number of para-hydroxylation sites is 1. The van der Waals surface area contributed by atoms with Gasteiger partial charge in [0.15, 0.2) is 5.82 Å². The van der Waals surface area contributed by atoms with Crippen LogP contribution in [-0.2, 0) is 4.79 Å². The highest BCUT2D eigenvalue weighted by molar-refractivity contribution is 6.24. The summed E-state index contributed by atoms with van der Waals surface area (Å²) < 4.78 is 6.77. The molecule has 0 radical (unpaired) electrons. The summed E-state index contributed by atoms with van der Waals surface area (Å²) in [5.41, 5.74) is 1.69. The van der Waals surface area contributed by atoms with Gasteiger partial charge in [0, 0.05) is 17.3 Å². The van der Waals surface area contributed by atoms with Gasteiger partial charge >= 0.3 is 0 Å². The summed E-state index contributed by atoms with van der Waals surface area (Å²) in [5, 5.41) is 14.7. The first-order valence-corrected chi connectivity index (χ1v) is 8.27. The molecule has 7 heteroatoms. The van der Waals surface area contributed by atoms with E-state index in [2.05, 4.69) is 20.8 Å². The van der Waals surface area contributed by atoms with Crippen LogP contribution < -0.4 is 5.32 Å². The molecule has 0 atom stereocenters. The molecule has 0 fully saturated rings. The maximum Gasteiger partial charge on any atom is 0.274 e. The fraction of sp³-hybridized carbons (Fsp3) is 0. The topological polar surface area (TPSA) is 85.8 Å². The Bertz CT molecular complexity index is 1050. The fourth-order valence-corrected chi connectivity index (χ4v) is 2.56. The predicted molar refractivity (Wildman–Crippen MR) is 101 cm³/mol. The Kier molecular flexibility index (Phi) is 4.57. The highest BCUT2D eigenvalue weighted by Gasteiger charge is 2.20. The van der Waals surface area contributed by atoms with Crippen molar-refractivity contribution in [2.45, 2.75) is 0 Å². The molecule has 2 heterocycles. The van der Waals surface area contributed by atoms with E-state index < -0.39 is 0 Å². The molecule has 0 spiro atoms. The maximum atomic E-state index is 13.0. The van der Waals surface area contributed by atoms with Gasteiger partial charge in [0.1, 0.15) is 11.5 Å². The highest BCUT2D eigenvalue weighted by Crippen LogP contribution is 2.21. The van der Waals surface area contributed by atoms with Crippen LogP contribution in [0.2, 0.25) is 0 Å². The van der Waals surface area contributed by atoms with E-state index in [9.17, 15) is 4.79 Å². The molecule has 4 rings (SSSR count). The van der Waals surface area contributed by atoms with Crippen molar-refractivity contribution in [3.05, 3.63) is 84.8 Å². The second kappa shape index (κ2) is 7.49. The number of nitrogens with zero attached hydrogens (tertiary/aromatic N) is 4. The van der Waals surface area contributed by atoms with Crippen molar-refractivity contribution < 1.29 is 9.21 Å². The molecule has 2 aromatic carbocycles. The second-order valence-corrected chi connectivity index (χ2v) is 5.65. The first kappa shape index (κ1) is 16.5. The van der Waals surface area contributed by atoms with E-state index in [1.807, 2.05) is 48.5 Å². The van der Waals surface area contributed by atoms with E-state index in [4.69, 9.17) is 4.42 Å². The number of carbonyl (C=O) groups excluding carboxylic acids is 1. The lowest BCUT2D eigenvalue weighted by atomic mass is 10.2. The summed E-state index contributed by atoms with van der Waals surface area (Å²) in [6, 6.07) is 22.1. The van der Waals surface area contributed by atoms with E-state index >= 15 is 0 Å². The molecule has 1 amide bonds. The smallest absolute Gasteiger partial charge is 0.274 e. The van der Waals surface area contributed by atoms with E-state index in [1.54, 1.807) is 30.3 Å². The van der Waals surface area contributed by atoms with Crippen LogP contribution >= 0.6 is 0 Å². The Morgan fingerprint density at radius 1 is 0.963 bits per heavy atom. The van der Waals surface area contributed by atoms with Gasteiger partial charge in [-0.05, 0) is 34.7 Å². The molecule has 0 bridgehead atoms. The first-order valence-electron chi connectivity index (χ1n) is 8.27. The number of carbonyl (C=O) groups is 1. The Morgan fingerprint density at radius 3 is 2.41 bits per heavy atom. The van der Waals surface area contributed by atoms with Crippen LogP contribution in [0.3, 0.4) is 0 Å². The molecule has 132 valence electrons. The third kappa shape index (κ3) is 3.67. The van der Waals surface area contributed by atoms with Crippen molar-refractivity contribution in [2.75, 3.05) is 5.32 Å². The van der Waals surface area contributed by atoms with Gasteiger partial charge in [-0.2, -0.15) is 4.68 Å². The third-order valence-corrected chi connectivity index (χ3v) is 3.82. The number of nitrogens with one attached hydrogen (secondary N) is 1. The molecular weight excluding hydrogens is 342 g/mol. The Hall–Kier alpha value is -4.00. The summed E-state index contributed by atoms with van der Waals surface area (Å²) in [4.78, 5) is 13.0. The summed E-state index contributed by atoms with van der Waals surface area (Å²) >= 11 is 0. The molecular formula is C20H15N5O2. The predicted octanol–water partition coefficient (Wildman–Crippen LogP) is 3.57. The van der Waals surface area contributed by atoms with E-state index in [-0.39, 0.29) is 11.6 Å². The van der Waals surface area contributed by atoms with Gasteiger partial charge in [-0.25, -0.2) is 0 Å². The van der Waals surface area contributed by atoms with Gasteiger partial charge in [-0.15, -0.1) is 5.10 Å². The fourth-order valence-electron chi connectivity index (χ4n) is 2.56. The number of rotatable bonds is 5. The van der Waals surface area contributed by atoms with Crippen LogP contribution in [0.15, 0.2) is 83.5 Å². The summed E-state index contributed by atoms with van der Waals surface area (Å²) in [7, 11) is 0. The number of hydrogen-bond acceptors (Lipinski definition) is 5. The van der Waals surface area contributed by atoms with E-state index in [0.29, 0.717) is 17.3 Å². The third-order valence-electron chi connectivity index (χ3n) is 3.82. The van der Waals surface area contributed by atoms with Gasteiger partial charge in [-0.1, -0.05) is 48.5 Å². The average molecular weight is 357 g/mol. The molecule has 2 aromatic heterocycles. The molecule has 0 unspecified atom stereocenters. The zero-order valence-electron chi connectivity index (χ0n) is 14.2. The lowest BCUT2D eigenvalue weighted by Crippen LogP contribution is -2.19. The Labute approximate surface area is 154 Å².